The predicted molar refractivity (Wildman–Crippen MR) is 64.7 cm³/mol. The highest BCUT2D eigenvalue weighted by Gasteiger charge is 2.13. The molecule has 6 heteroatoms. The van der Waals surface area contributed by atoms with Crippen molar-refractivity contribution >= 4 is 17.3 Å². The minimum Gasteiger partial charge on any atom is -0.324 e. The lowest BCUT2D eigenvalue weighted by molar-refractivity contribution is -0.384. The molecular formula is C11H15N3O3. The Bertz CT molecular complexity index is 446. The summed E-state index contributed by atoms with van der Waals surface area (Å²) < 4.78 is 0. The van der Waals surface area contributed by atoms with Gasteiger partial charge in [-0.3, -0.25) is 14.9 Å². The van der Waals surface area contributed by atoms with Gasteiger partial charge in [-0.1, -0.05) is 6.92 Å². The van der Waals surface area contributed by atoms with Crippen LogP contribution in [0.3, 0.4) is 0 Å². The van der Waals surface area contributed by atoms with Gasteiger partial charge >= 0.3 is 0 Å². The Hall–Kier alpha value is -1.95. The Balaban J connectivity index is 2.86. The van der Waals surface area contributed by atoms with E-state index >= 15 is 0 Å². The summed E-state index contributed by atoms with van der Waals surface area (Å²) in [6.45, 7) is 3.51. The van der Waals surface area contributed by atoms with Crippen LogP contribution in [0.25, 0.3) is 0 Å². The molecular weight excluding hydrogens is 222 g/mol. The first-order valence-electron chi connectivity index (χ1n) is 5.27. The topological polar surface area (TPSA) is 98.3 Å². The van der Waals surface area contributed by atoms with Crippen LogP contribution < -0.4 is 11.1 Å². The standard InChI is InChI=1S/C11H15N3O3/c1-3-9(12)11(15)13-10-5-4-8(14(16)17)6-7(10)2/h4-6,9H,3,12H2,1-2H3,(H,13,15)/t9-/m0/s1. The molecule has 3 N–H and O–H groups in total. The maximum Gasteiger partial charge on any atom is 0.269 e. The Morgan fingerprint density at radius 1 is 1.59 bits per heavy atom. The van der Waals surface area contributed by atoms with Crippen LogP contribution >= 0.6 is 0 Å². The molecule has 1 atom stereocenters. The smallest absolute Gasteiger partial charge is 0.269 e. The summed E-state index contributed by atoms with van der Waals surface area (Å²) in [5, 5.41) is 13.2. The van der Waals surface area contributed by atoms with Crippen LogP contribution in [0.2, 0.25) is 0 Å². The molecule has 17 heavy (non-hydrogen) atoms. The van der Waals surface area contributed by atoms with Gasteiger partial charge in [0.1, 0.15) is 0 Å². The van der Waals surface area contributed by atoms with E-state index < -0.39 is 11.0 Å². The second kappa shape index (κ2) is 5.40. The van der Waals surface area contributed by atoms with Crippen molar-refractivity contribution in [3.8, 4) is 0 Å². The molecule has 0 radical (unpaired) electrons. The SMILES string of the molecule is CC[C@H](N)C(=O)Nc1ccc([N+](=O)[O-])cc1C. The number of aryl methyl sites for hydroxylation is 1. The molecule has 1 aromatic carbocycles. The van der Waals surface area contributed by atoms with Crippen LogP contribution in [0.5, 0.6) is 0 Å². The summed E-state index contributed by atoms with van der Waals surface area (Å²) in [5.74, 6) is -0.288. The summed E-state index contributed by atoms with van der Waals surface area (Å²) in [4.78, 5) is 21.6. The fourth-order valence-electron chi connectivity index (χ4n) is 1.31. The molecule has 0 bridgehead atoms. The Kier molecular flexibility index (Phi) is 4.17. The van der Waals surface area contributed by atoms with Gasteiger partial charge in [0.05, 0.1) is 11.0 Å². The fraction of sp³-hybridized carbons (Fsp3) is 0.364. The van der Waals surface area contributed by atoms with Crippen LogP contribution in [0.1, 0.15) is 18.9 Å². The Labute approximate surface area is 99.0 Å². The van der Waals surface area contributed by atoms with Gasteiger partial charge in [0.25, 0.3) is 5.69 Å². The number of carbonyl (C=O) groups is 1. The Morgan fingerprint density at radius 2 is 2.24 bits per heavy atom. The molecule has 0 aromatic heterocycles. The highest BCUT2D eigenvalue weighted by atomic mass is 16.6. The molecule has 0 saturated heterocycles. The van der Waals surface area contributed by atoms with Crippen molar-refractivity contribution in [2.24, 2.45) is 5.73 Å². The van der Waals surface area contributed by atoms with Gasteiger partial charge < -0.3 is 11.1 Å². The van der Waals surface area contributed by atoms with Crippen molar-refractivity contribution in [1.82, 2.24) is 0 Å². The average molecular weight is 237 g/mol. The number of nitrogens with two attached hydrogens (primary N) is 1. The van der Waals surface area contributed by atoms with E-state index in [0.717, 1.165) is 0 Å². The van der Waals surface area contributed by atoms with Crippen molar-refractivity contribution in [1.29, 1.82) is 0 Å². The fourth-order valence-corrected chi connectivity index (χ4v) is 1.31. The number of non-ortho nitro benzene ring substituents is 1. The number of rotatable bonds is 4. The first-order chi connectivity index (χ1) is 7.95. The number of amides is 1. The third-order valence-electron chi connectivity index (χ3n) is 2.46. The minimum absolute atomic E-state index is 0.000268. The molecule has 1 aromatic rings. The van der Waals surface area contributed by atoms with Crippen LogP contribution in [0.15, 0.2) is 18.2 Å². The van der Waals surface area contributed by atoms with Gasteiger partial charge in [0.2, 0.25) is 5.91 Å². The van der Waals surface area contributed by atoms with Crippen LogP contribution in [0.4, 0.5) is 11.4 Å². The summed E-state index contributed by atoms with van der Waals surface area (Å²) in [6, 6.07) is 3.70. The largest absolute Gasteiger partial charge is 0.324 e. The number of nitro benzene ring substituents is 1. The zero-order valence-electron chi connectivity index (χ0n) is 9.77. The Morgan fingerprint density at radius 3 is 2.71 bits per heavy atom. The van der Waals surface area contributed by atoms with Crippen molar-refractivity contribution in [2.75, 3.05) is 5.32 Å². The van der Waals surface area contributed by atoms with Crippen molar-refractivity contribution < 1.29 is 9.72 Å². The van der Waals surface area contributed by atoms with E-state index in [-0.39, 0.29) is 11.6 Å². The van der Waals surface area contributed by atoms with E-state index in [2.05, 4.69) is 5.32 Å². The molecule has 0 aliphatic heterocycles. The summed E-state index contributed by atoms with van der Waals surface area (Å²) in [5.41, 5.74) is 6.75. The summed E-state index contributed by atoms with van der Waals surface area (Å²) in [7, 11) is 0. The molecule has 0 fully saturated rings. The maximum atomic E-state index is 11.5. The number of nitro groups is 1. The molecule has 92 valence electrons. The zero-order chi connectivity index (χ0) is 13.0. The summed E-state index contributed by atoms with van der Waals surface area (Å²) in [6.07, 6.45) is 0.540. The van der Waals surface area contributed by atoms with Gasteiger partial charge in [0, 0.05) is 17.8 Å². The molecule has 0 aliphatic rings. The highest BCUT2D eigenvalue weighted by Crippen LogP contribution is 2.21. The average Bonchev–Trinajstić information content (AvgIpc) is 2.30. The first kappa shape index (κ1) is 13.1. The molecule has 0 heterocycles. The number of carbonyl (C=O) groups excluding carboxylic acids is 1. The molecule has 0 spiro atoms. The number of hydrogen-bond donors (Lipinski definition) is 2. The van der Waals surface area contributed by atoms with E-state index in [4.69, 9.17) is 5.73 Å². The third kappa shape index (κ3) is 3.25. The monoisotopic (exact) mass is 237 g/mol. The molecule has 1 amide bonds. The van der Waals surface area contributed by atoms with Crippen LogP contribution in [0, 0.1) is 17.0 Å². The molecule has 6 nitrogen and oxygen atoms in total. The second-order valence-electron chi connectivity index (χ2n) is 3.76. The van der Waals surface area contributed by atoms with Gasteiger partial charge in [-0.2, -0.15) is 0 Å². The quantitative estimate of drug-likeness (QED) is 0.613. The normalized spacial score (nSPS) is 11.9. The highest BCUT2D eigenvalue weighted by molar-refractivity contribution is 5.95. The number of nitrogens with zero attached hydrogens (tertiary/aromatic N) is 1. The van der Waals surface area contributed by atoms with E-state index in [9.17, 15) is 14.9 Å². The number of nitrogens with one attached hydrogen (secondary N) is 1. The van der Waals surface area contributed by atoms with Crippen molar-refractivity contribution in [3.05, 3.63) is 33.9 Å². The van der Waals surface area contributed by atoms with Gasteiger partial charge in [-0.15, -0.1) is 0 Å². The minimum atomic E-state index is -0.565. The predicted octanol–water partition coefficient (Wildman–Crippen LogP) is 1.58. The van der Waals surface area contributed by atoms with Gasteiger partial charge in [0.15, 0.2) is 0 Å². The lowest BCUT2D eigenvalue weighted by Crippen LogP contribution is -2.34. The van der Waals surface area contributed by atoms with E-state index in [1.165, 1.54) is 18.2 Å². The lowest BCUT2D eigenvalue weighted by Gasteiger charge is -2.11. The number of benzene rings is 1. The van der Waals surface area contributed by atoms with E-state index in [0.29, 0.717) is 17.7 Å². The summed E-state index contributed by atoms with van der Waals surface area (Å²) >= 11 is 0. The van der Waals surface area contributed by atoms with Crippen molar-refractivity contribution in [2.45, 2.75) is 26.3 Å². The third-order valence-corrected chi connectivity index (χ3v) is 2.46. The number of hydrogen-bond acceptors (Lipinski definition) is 4. The molecule has 0 saturated carbocycles. The van der Waals surface area contributed by atoms with Crippen LogP contribution in [-0.4, -0.2) is 16.9 Å². The van der Waals surface area contributed by atoms with E-state index in [1.807, 2.05) is 6.92 Å². The lowest BCUT2D eigenvalue weighted by atomic mass is 10.1. The van der Waals surface area contributed by atoms with Gasteiger partial charge in [-0.25, -0.2) is 0 Å². The second-order valence-corrected chi connectivity index (χ2v) is 3.76. The molecule has 0 unspecified atom stereocenters. The zero-order valence-corrected chi connectivity index (χ0v) is 9.77. The molecule has 0 aliphatic carbocycles. The number of anilines is 1. The van der Waals surface area contributed by atoms with E-state index in [1.54, 1.807) is 6.92 Å². The van der Waals surface area contributed by atoms with Crippen LogP contribution in [-0.2, 0) is 4.79 Å². The van der Waals surface area contributed by atoms with Gasteiger partial charge in [-0.05, 0) is 25.0 Å². The molecule has 1 rings (SSSR count). The van der Waals surface area contributed by atoms with Crippen molar-refractivity contribution in [3.63, 3.8) is 0 Å². The maximum absolute atomic E-state index is 11.5. The first-order valence-corrected chi connectivity index (χ1v) is 5.27.